The number of aliphatic carboxylic acids is 1. The third-order valence-electron chi connectivity index (χ3n) is 4.77. The average Bonchev–Trinajstić information content (AvgIpc) is 3.29. The molecule has 1 aromatic carbocycles. The number of carbonyl (C=O) groups is 3. The van der Waals surface area contributed by atoms with Crippen LogP contribution in [0.15, 0.2) is 18.2 Å². The van der Waals surface area contributed by atoms with Crippen LogP contribution in [0.5, 0.6) is 0 Å². The molecule has 1 aliphatic heterocycles. The van der Waals surface area contributed by atoms with E-state index in [9.17, 15) is 14.4 Å². The summed E-state index contributed by atoms with van der Waals surface area (Å²) in [7, 11) is 0. The van der Waals surface area contributed by atoms with E-state index >= 15 is 0 Å². The highest BCUT2D eigenvalue weighted by Gasteiger charge is 2.52. The third-order valence-corrected chi connectivity index (χ3v) is 4.77. The van der Waals surface area contributed by atoms with Crippen molar-refractivity contribution in [2.45, 2.75) is 38.8 Å². The smallest absolute Gasteiger partial charge is 0.329 e. The number of rotatable bonds is 4. The van der Waals surface area contributed by atoms with Gasteiger partial charge >= 0.3 is 12.0 Å². The number of urea groups is 1. The van der Waals surface area contributed by atoms with E-state index in [0.717, 1.165) is 16.7 Å². The normalized spacial score (nSPS) is 18.9. The lowest BCUT2D eigenvalue weighted by molar-refractivity contribution is -0.140. The number of hydrogen-bond donors (Lipinski definition) is 2. The zero-order valence-electron chi connectivity index (χ0n) is 14.5. The molecule has 1 saturated carbocycles. The summed E-state index contributed by atoms with van der Waals surface area (Å²) in [5.41, 5.74) is 2.26. The van der Waals surface area contributed by atoms with E-state index in [4.69, 9.17) is 5.11 Å². The number of piperazine rings is 1. The summed E-state index contributed by atoms with van der Waals surface area (Å²) in [6.45, 7) is 5.40. The molecule has 0 radical (unpaired) electrons. The van der Waals surface area contributed by atoms with Crippen molar-refractivity contribution >= 4 is 17.9 Å². The molecule has 0 bridgehead atoms. The first-order valence-corrected chi connectivity index (χ1v) is 8.44. The van der Waals surface area contributed by atoms with E-state index in [1.807, 2.05) is 13.8 Å². The molecule has 1 heterocycles. The highest BCUT2D eigenvalue weighted by Crippen LogP contribution is 2.35. The molecule has 2 fully saturated rings. The van der Waals surface area contributed by atoms with Gasteiger partial charge in [-0.25, -0.2) is 9.59 Å². The number of carboxylic acids is 1. The Bertz CT molecular complexity index is 707. The zero-order valence-corrected chi connectivity index (χ0v) is 14.5. The fraction of sp³-hybridized carbons (Fsp3) is 0.500. The molecule has 3 amide bonds. The Labute approximate surface area is 146 Å². The van der Waals surface area contributed by atoms with Gasteiger partial charge in [0.05, 0.1) is 0 Å². The Kier molecular flexibility index (Phi) is 4.41. The molecular formula is C18H23N3O4. The lowest BCUT2D eigenvalue weighted by atomic mass is 10.1. The monoisotopic (exact) mass is 345 g/mol. The van der Waals surface area contributed by atoms with Crippen molar-refractivity contribution in [2.24, 2.45) is 0 Å². The molecule has 1 aliphatic carbocycles. The lowest BCUT2D eigenvalue weighted by Crippen LogP contribution is -2.57. The van der Waals surface area contributed by atoms with Crippen LogP contribution < -0.4 is 5.32 Å². The van der Waals surface area contributed by atoms with E-state index in [2.05, 4.69) is 23.5 Å². The van der Waals surface area contributed by atoms with Gasteiger partial charge in [-0.15, -0.1) is 0 Å². The van der Waals surface area contributed by atoms with Crippen molar-refractivity contribution < 1.29 is 19.5 Å². The van der Waals surface area contributed by atoms with Crippen molar-refractivity contribution in [1.29, 1.82) is 0 Å². The lowest BCUT2D eigenvalue weighted by Gasteiger charge is -2.35. The maximum Gasteiger partial charge on any atom is 0.329 e. The van der Waals surface area contributed by atoms with Crippen LogP contribution in [0.4, 0.5) is 4.79 Å². The van der Waals surface area contributed by atoms with Gasteiger partial charge in [-0.2, -0.15) is 0 Å². The van der Waals surface area contributed by atoms with Crippen LogP contribution in [-0.2, 0) is 16.1 Å². The predicted molar refractivity (Wildman–Crippen MR) is 91.0 cm³/mol. The van der Waals surface area contributed by atoms with Crippen LogP contribution in [0.3, 0.4) is 0 Å². The fourth-order valence-corrected chi connectivity index (χ4v) is 3.23. The standard InChI is InChI=1S/C18H23N3O4/c1-12-7-13(2)9-14(8-12)10-20-5-6-21(11-15(20)22)17(25)19-18(3-4-18)16(23)24/h7-9H,3-6,10-11H2,1-2H3,(H,19,25)(H,23,24). The van der Waals surface area contributed by atoms with Gasteiger partial charge in [-0.1, -0.05) is 29.3 Å². The molecule has 0 atom stereocenters. The number of carbonyl (C=O) groups excluding carboxylic acids is 2. The van der Waals surface area contributed by atoms with Crippen molar-refractivity contribution in [3.8, 4) is 0 Å². The zero-order chi connectivity index (χ0) is 18.2. The highest BCUT2D eigenvalue weighted by molar-refractivity contribution is 5.91. The number of nitrogens with zero attached hydrogens (tertiary/aromatic N) is 2. The van der Waals surface area contributed by atoms with E-state index < -0.39 is 17.5 Å². The summed E-state index contributed by atoms with van der Waals surface area (Å²) in [4.78, 5) is 38.9. The van der Waals surface area contributed by atoms with Gasteiger partial charge in [-0.05, 0) is 32.3 Å². The number of carboxylic acid groups (broad SMARTS) is 1. The van der Waals surface area contributed by atoms with Crippen LogP contribution in [0.2, 0.25) is 0 Å². The van der Waals surface area contributed by atoms with Crippen molar-refractivity contribution in [1.82, 2.24) is 15.1 Å². The van der Waals surface area contributed by atoms with E-state index in [-0.39, 0.29) is 12.5 Å². The van der Waals surface area contributed by atoms with Gasteiger partial charge in [0.25, 0.3) is 0 Å². The molecule has 0 spiro atoms. The Morgan fingerprint density at radius 3 is 2.32 bits per heavy atom. The Morgan fingerprint density at radius 1 is 1.16 bits per heavy atom. The molecule has 0 aromatic heterocycles. The number of nitrogens with one attached hydrogen (secondary N) is 1. The second-order valence-corrected chi connectivity index (χ2v) is 7.05. The maximum absolute atomic E-state index is 12.4. The Balaban J connectivity index is 1.58. The molecule has 1 saturated heterocycles. The molecule has 7 nitrogen and oxygen atoms in total. The van der Waals surface area contributed by atoms with E-state index in [1.54, 1.807) is 4.90 Å². The Hall–Kier alpha value is -2.57. The molecule has 3 rings (SSSR count). The van der Waals surface area contributed by atoms with Crippen LogP contribution in [0.25, 0.3) is 0 Å². The summed E-state index contributed by atoms with van der Waals surface area (Å²) >= 11 is 0. The van der Waals surface area contributed by atoms with E-state index in [0.29, 0.717) is 32.5 Å². The van der Waals surface area contributed by atoms with Crippen LogP contribution >= 0.6 is 0 Å². The summed E-state index contributed by atoms with van der Waals surface area (Å²) in [6, 6.07) is 5.73. The fourth-order valence-electron chi connectivity index (χ4n) is 3.23. The van der Waals surface area contributed by atoms with Gasteiger partial charge in [0.1, 0.15) is 12.1 Å². The van der Waals surface area contributed by atoms with Gasteiger partial charge in [0.2, 0.25) is 5.91 Å². The predicted octanol–water partition coefficient (Wildman–Crippen LogP) is 1.27. The van der Waals surface area contributed by atoms with Crippen molar-refractivity contribution in [3.63, 3.8) is 0 Å². The second-order valence-electron chi connectivity index (χ2n) is 7.05. The molecular weight excluding hydrogens is 322 g/mol. The van der Waals surface area contributed by atoms with Gasteiger partial charge in [-0.3, -0.25) is 4.79 Å². The topological polar surface area (TPSA) is 89.9 Å². The molecule has 1 aromatic rings. The number of amides is 3. The highest BCUT2D eigenvalue weighted by atomic mass is 16.4. The minimum atomic E-state index is -1.13. The third kappa shape index (κ3) is 3.75. The van der Waals surface area contributed by atoms with Crippen LogP contribution in [0.1, 0.15) is 29.5 Å². The van der Waals surface area contributed by atoms with Crippen LogP contribution in [-0.4, -0.2) is 58.0 Å². The number of benzene rings is 1. The summed E-state index contributed by atoms with van der Waals surface area (Å²) in [5, 5.41) is 11.7. The molecule has 2 N–H and O–H groups in total. The number of hydrogen-bond acceptors (Lipinski definition) is 3. The average molecular weight is 345 g/mol. The Morgan fingerprint density at radius 2 is 1.80 bits per heavy atom. The first-order valence-electron chi connectivity index (χ1n) is 8.44. The van der Waals surface area contributed by atoms with Gasteiger partial charge in [0, 0.05) is 19.6 Å². The van der Waals surface area contributed by atoms with Gasteiger partial charge in [0.15, 0.2) is 0 Å². The van der Waals surface area contributed by atoms with Crippen molar-refractivity contribution in [2.75, 3.05) is 19.6 Å². The summed E-state index contributed by atoms with van der Waals surface area (Å²) < 4.78 is 0. The SMILES string of the molecule is Cc1cc(C)cc(CN2CCN(C(=O)NC3(C(=O)O)CC3)CC2=O)c1. The summed E-state index contributed by atoms with van der Waals surface area (Å²) in [5.74, 6) is -1.14. The first-order chi connectivity index (χ1) is 11.8. The minimum absolute atomic E-state index is 0.0215. The maximum atomic E-state index is 12.4. The second kappa shape index (κ2) is 6.38. The molecule has 0 unspecified atom stereocenters. The quantitative estimate of drug-likeness (QED) is 0.860. The molecule has 7 heteroatoms. The van der Waals surface area contributed by atoms with Crippen LogP contribution in [0, 0.1) is 13.8 Å². The molecule has 134 valence electrons. The molecule has 25 heavy (non-hydrogen) atoms. The summed E-state index contributed by atoms with van der Waals surface area (Å²) in [6.07, 6.45) is 0.878. The first kappa shape index (κ1) is 17.3. The van der Waals surface area contributed by atoms with E-state index in [1.165, 1.54) is 4.90 Å². The molecule has 2 aliphatic rings. The number of aryl methyl sites for hydroxylation is 2. The van der Waals surface area contributed by atoms with Crippen molar-refractivity contribution in [3.05, 3.63) is 34.9 Å². The minimum Gasteiger partial charge on any atom is -0.480 e. The largest absolute Gasteiger partial charge is 0.480 e. The van der Waals surface area contributed by atoms with Gasteiger partial charge < -0.3 is 20.2 Å².